The summed E-state index contributed by atoms with van der Waals surface area (Å²) >= 11 is 0. The number of piperidine rings is 4. The first-order valence-electron chi connectivity index (χ1n) is 20.3. The first-order valence-corrected chi connectivity index (χ1v) is 20.3. The number of carbonyl (C=O) groups excluding carboxylic acids is 6. The van der Waals surface area contributed by atoms with Crippen LogP contribution in [-0.2, 0) is 21.4 Å². The number of hydrogen-bond donors (Lipinski definition) is 3. The molecule has 5 saturated heterocycles. The van der Waals surface area contributed by atoms with Crippen molar-refractivity contribution in [1.82, 2.24) is 39.8 Å². The minimum atomic E-state index is -0.987. The molecule has 304 valence electrons. The highest BCUT2D eigenvalue weighted by atomic mass is 16.2. The van der Waals surface area contributed by atoms with Crippen LogP contribution in [0.4, 0.5) is 23.0 Å². The van der Waals surface area contributed by atoms with Crippen molar-refractivity contribution in [2.45, 2.75) is 75.9 Å². The first-order chi connectivity index (χ1) is 28.0. The van der Waals surface area contributed by atoms with E-state index in [0.29, 0.717) is 29.7 Å². The number of nitrogens with two attached hydrogens (primary N) is 1. The van der Waals surface area contributed by atoms with E-state index in [-0.39, 0.29) is 47.3 Å². The van der Waals surface area contributed by atoms with Gasteiger partial charge in [-0.25, -0.2) is 9.97 Å². The maximum absolute atomic E-state index is 14.3. The van der Waals surface area contributed by atoms with Crippen LogP contribution >= 0.6 is 0 Å². The van der Waals surface area contributed by atoms with E-state index < -0.39 is 35.6 Å². The Kier molecular flexibility index (Phi) is 9.60. The molecule has 0 saturated carbocycles. The molecule has 6 amide bonds. The highest BCUT2D eigenvalue weighted by molar-refractivity contribution is 6.23. The lowest BCUT2D eigenvalue weighted by Crippen LogP contribution is -2.54. The van der Waals surface area contributed by atoms with Crippen LogP contribution in [0.25, 0.3) is 0 Å². The van der Waals surface area contributed by atoms with Gasteiger partial charge in [-0.15, -0.1) is 0 Å². The number of carbonyl (C=O) groups is 6. The number of primary amides is 1. The number of aryl methyl sites for hydroxylation is 1. The van der Waals surface area contributed by atoms with Crippen molar-refractivity contribution in [1.29, 1.82) is 0 Å². The van der Waals surface area contributed by atoms with Gasteiger partial charge in [0.1, 0.15) is 11.9 Å². The Bertz CT molecular complexity index is 2190. The van der Waals surface area contributed by atoms with E-state index in [4.69, 9.17) is 10.7 Å². The number of likely N-dealkylation sites (tertiary alicyclic amines) is 2. The topological polar surface area (TPSA) is 212 Å². The lowest BCUT2D eigenvalue weighted by atomic mass is 9.76. The molecule has 6 aliphatic heterocycles. The van der Waals surface area contributed by atoms with E-state index in [1.165, 1.54) is 0 Å². The van der Waals surface area contributed by atoms with Crippen molar-refractivity contribution in [3.8, 4) is 0 Å². The average Bonchev–Trinajstić information content (AvgIpc) is 3.86. The number of amides is 6. The molecule has 4 N–H and O–H groups in total. The van der Waals surface area contributed by atoms with Gasteiger partial charge in [0.05, 0.1) is 34.6 Å². The predicted octanol–water partition coefficient (Wildman–Crippen LogP) is 1.41. The van der Waals surface area contributed by atoms with Crippen molar-refractivity contribution < 1.29 is 28.8 Å². The second-order valence-electron chi connectivity index (χ2n) is 16.5. The molecule has 2 aromatic heterocycles. The van der Waals surface area contributed by atoms with E-state index >= 15 is 0 Å². The van der Waals surface area contributed by atoms with Gasteiger partial charge in [0, 0.05) is 70.2 Å². The van der Waals surface area contributed by atoms with Crippen LogP contribution in [0.5, 0.6) is 0 Å². The Morgan fingerprint density at radius 3 is 2.36 bits per heavy atom. The predicted molar refractivity (Wildman–Crippen MR) is 210 cm³/mol. The molecule has 1 spiro atoms. The number of imide groups is 2. The van der Waals surface area contributed by atoms with Gasteiger partial charge in [-0.1, -0.05) is 0 Å². The summed E-state index contributed by atoms with van der Waals surface area (Å²) in [4.78, 5) is 96.3. The Hall–Kier alpha value is -5.91. The SMILES string of the molecule is Cn1cc(Nc2nc(N3CCCC(N4CCC5(CCN(C6CCN(c7ccc8c(c7)C(=O)N(C7CCC(=O)NC7=O)C8=O)CC6)CC5)C4=O)C3)cnc2C(N)=O)cn1. The van der Waals surface area contributed by atoms with Crippen LogP contribution in [-0.4, -0.2) is 134 Å². The molecular weight excluding hydrogens is 745 g/mol. The monoisotopic (exact) mass is 792 g/mol. The standard InChI is InChI=1S/C40H48N12O6/c1-47-22-24(20-43-47)44-35-33(34(41)54)42-21-31(45-35)50-13-2-3-27(23-50)51-18-12-40(39(51)58)10-16-49(17-11-40)25-8-14-48(15-9-25)26-4-5-28-29(19-26)38(57)52(37(28)56)30-6-7-32(53)46-36(30)55/h4-5,19-22,25,27,30H,2-3,6-18,23H2,1H3,(H2,41,54)(H,44,45)(H,46,53,55). The third-order valence-corrected chi connectivity index (χ3v) is 13.2. The highest BCUT2D eigenvalue weighted by Crippen LogP contribution is 2.44. The summed E-state index contributed by atoms with van der Waals surface area (Å²) in [6.45, 7) is 5.49. The molecule has 0 bridgehead atoms. The Labute approximate surface area is 335 Å². The number of nitrogens with zero attached hydrogens (tertiary/aromatic N) is 9. The van der Waals surface area contributed by atoms with Gasteiger partial charge < -0.3 is 30.7 Å². The molecule has 6 aliphatic rings. The molecule has 18 nitrogen and oxygen atoms in total. The fraction of sp³-hybridized carbons (Fsp3) is 0.525. The Morgan fingerprint density at radius 2 is 1.64 bits per heavy atom. The van der Waals surface area contributed by atoms with Gasteiger partial charge in [0.15, 0.2) is 11.5 Å². The van der Waals surface area contributed by atoms with Crippen molar-refractivity contribution >= 4 is 58.5 Å². The van der Waals surface area contributed by atoms with E-state index in [1.54, 1.807) is 42.5 Å². The average molecular weight is 793 g/mol. The summed E-state index contributed by atoms with van der Waals surface area (Å²) in [7, 11) is 1.80. The molecule has 58 heavy (non-hydrogen) atoms. The van der Waals surface area contributed by atoms with Crippen molar-refractivity contribution in [3.63, 3.8) is 0 Å². The third-order valence-electron chi connectivity index (χ3n) is 13.2. The van der Waals surface area contributed by atoms with E-state index in [1.807, 2.05) is 6.07 Å². The first kappa shape index (κ1) is 37.7. The number of anilines is 4. The number of hydrogen-bond acceptors (Lipinski definition) is 13. The van der Waals surface area contributed by atoms with Crippen LogP contribution in [0.2, 0.25) is 0 Å². The molecule has 8 heterocycles. The molecule has 9 rings (SSSR count). The number of rotatable bonds is 8. The summed E-state index contributed by atoms with van der Waals surface area (Å²) in [6.07, 6.45) is 11.4. The molecule has 2 unspecified atom stereocenters. The van der Waals surface area contributed by atoms with E-state index in [9.17, 15) is 28.8 Å². The molecule has 1 aromatic carbocycles. The zero-order chi connectivity index (χ0) is 40.3. The zero-order valence-corrected chi connectivity index (χ0v) is 32.6. The highest BCUT2D eigenvalue weighted by Gasteiger charge is 2.51. The normalized spacial score (nSPS) is 24.2. The van der Waals surface area contributed by atoms with Crippen LogP contribution in [0.1, 0.15) is 89.0 Å². The van der Waals surface area contributed by atoms with Gasteiger partial charge in [0.25, 0.3) is 17.7 Å². The summed E-state index contributed by atoms with van der Waals surface area (Å²) in [5.41, 5.74) is 7.44. The second kappa shape index (κ2) is 14.8. The second-order valence-corrected chi connectivity index (χ2v) is 16.5. The van der Waals surface area contributed by atoms with Gasteiger partial charge in [-0.3, -0.25) is 43.7 Å². The van der Waals surface area contributed by atoms with Crippen molar-refractivity contribution in [3.05, 3.63) is 53.6 Å². The third kappa shape index (κ3) is 6.71. The Morgan fingerprint density at radius 1 is 0.879 bits per heavy atom. The summed E-state index contributed by atoms with van der Waals surface area (Å²) in [6, 6.07) is 4.78. The van der Waals surface area contributed by atoms with Crippen LogP contribution in [0.3, 0.4) is 0 Å². The maximum atomic E-state index is 14.3. The number of nitrogens with one attached hydrogen (secondary N) is 2. The summed E-state index contributed by atoms with van der Waals surface area (Å²) < 4.78 is 1.64. The zero-order valence-electron chi connectivity index (χ0n) is 32.6. The molecule has 0 aliphatic carbocycles. The summed E-state index contributed by atoms with van der Waals surface area (Å²) in [5.74, 6) is -1.53. The van der Waals surface area contributed by atoms with Crippen LogP contribution < -0.4 is 26.2 Å². The van der Waals surface area contributed by atoms with Crippen molar-refractivity contribution in [2.75, 3.05) is 60.9 Å². The quantitative estimate of drug-likeness (QED) is 0.276. The molecule has 3 aromatic rings. The minimum Gasteiger partial charge on any atom is -0.371 e. The van der Waals surface area contributed by atoms with Gasteiger partial charge in [0.2, 0.25) is 17.7 Å². The van der Waals surface area contributed by atoms with Gasteiger partial charge >= 0.3 is 0 Å². The smallest absolute Gasteiger partial charge is 0.271 e. The summed E-state index contributed by atoms with van der Waals surface area (Å²) in [5, 5.41) is 9.55. The van der Waals surface area contributed by atoms with Crippen LogP contribution in [0, 0.1) is 5.41 Å². The van der Waals surface area contributed by atoms with Crippen LogP contribution in [0.15, 0.2) is 36.8 Å². The number of aromatic nitrogens is 4. The Balaban J connectivity index is 0.787. The fourth-order valence-corrected chi connectivity index (χ4v) is 9.96. The van der Waals surface area contributed by atoms with Crippen molar-refractivity contribution in [2.24, 2.45) is 18.2 Å². The molecule has 18 heteroatoms. The molecule has 0 radical (unpaired) electrons. The lowest BCUT2D eigenvalue weighted by Gasteiger charge is -2.45. The molecule has 2 atom stereocenters. The molecular formula is C40H48N12O6. The number of benzene rings is 1. The van der Waals surface area contributed by atoms with Gasteiger partial charge in [-0.2, -0.15) is 5.10 Å². The van der Waals surface area contributed by atoms with E-state index in [2.05, 4.69) is 40.3 Å². The van der Waals surface area contributed by atoms with E-state index in [0.717, 1.165) is 94.8 Å². The lowest BCUT2D eigenvalue weighted by molar-refractivity contribution is -0.141. The largest absolute Gasteiger partial charge is 0.371 e. The maximum Gasteiger partial charge on any atom is 0.271 e. The number of fused-ring (bicyclic) bond motifs is 1. The van der Waals surface area contributed by atoms with Gasteiger partial charge in [-0.05, 0) is 82.7 Å². The molecule has 5 fully saturated rings. The minimum absolute atomic E-state index is 0.0480. The fourth-order valence-electron chi connectivity index (χ4n) is 9.96.